The van der Waals surface area contributed by atoms with Crippen LogP contribution >= 0.6 is 12.4 Å². The van der Waals surface area contributed by atoms with Gasteiger partial charge < -0.3 is 9.30 Å². The van der Waals surface area contributed by atoms with Gasteiger partial charge in [0.25, 0.3) is 0 Å². The summed E-state index contributed by atoms with van der Waals surface area (Å²) in [5, 5.41) is 0. The molecule has 0 atom stereocenters. The molecule has 0 aliphatic rings. The van der Waals surface area contributed by atoms with Crippen LogP contribution in [0.25, 0.3) is 23.2 Å². The lowest BCUT2D eigenvalue weighted by molar-refractivity contribution is 0.415. The molecule has 0 aliphatic heterocycles. The number of methoxy groups -OCH3 is 1. The number of halogens is 1. The van der Waals surface area contributed by atoms with Crippen molar-refractivity contribution in [3.8, 4) is 5.75 Å². The van der Waals surface area contributed by atoms with E-state index in [9.17, 15) is 0 Å². The average molecular weight is 357 g/mol. The monoisotopic (exact) mass is 356 g/mol. The lowest BCUT2D eigenvalue weighted by atomic mass is 10.1. The Morgan fingerprint density at radius 2 is 1.76 bits per heavy atom. The molecule has 2 aromatic carbocycles. The first-order valence-electron chi connectivity index (χ1n) is 8.45. The first-order valence-corrected chi connectivity index (χ1v) is 8.45. The largest absolute Gasteiger partial charge is 0.497 e. The zero-order chi connectivity index (χ0) is 16.9. The maximum atomic E-state index is 5.20. The second-order valence-corrected chi connectivity index (χ2v) is 6.40. The molecule has 25 heavy (non-hydrogen) atoms. The van der Waals surface area contributed by atoms with E-state index in [0.717, 1.165) is 35.6 Å². The molecule has 3 nitrogen and oxygen atoms in total. The predicted molar refractivity (Wildman–Crippen MR) is 108 cm³/mol. The molecule has 0 fully saturated rings. The van der Waals surface area contributed by atoms with Gasteiger partial charge in [0.15, 0.2) is 0 Å². The SMILES string of the molecule is COc1ccc(C=Cc2nc3ccccc3n2CCC(C)C)cc1.Cl. The number of aryl methyl sites for hydroxylation is 1. The number of fused-ring (bicyclic) bond motifs is 1. The van der Waals surface area contributed by atoms with Gasteiger partial charge >= 0.3 is 0 Å². The van der Waals surface area contributed by atoms with E-state index in [2.05, 4.69) is 60.9 Å². The zero-order valence-corrected chi connectivity index (χ0v) is 15.8. The van der Waals surface area contributed by atoms with E-state index < -0.39 is 0 Å². The standard InChI is InChI=1S/C21H24N2O.ClH/c1-16(2)14-15-23-20-7-5-4-6-19(20)22-21(23)13-10-17-8-11-18(24-3)12-9-17;/h4-13,16H,14-15H2,1-3H3;1H. The van der Waals surface area contributed by atoms with E-state index in [1.165, 1.54) is 5.52 Å². The summed E-state index contributed by atoms with van der Waals surface area (Å²) in [6, 6.07) is 16.4. The fourth-order valence-corrected chi connectivity index (χ4v) is 2.73. The highest BCUT2D eigenvalue weighted by Gasteiger charge is 2.08. The zero-order valence-electron chi connectivity index (χ0n) is 15.0. The van der Waals surface area contributed by atoms with Crippen molar-refractivity contribution in [2.75, 3.05) is 7.11 Å². The van der Waals surface area contributed by atoms with Crippen molar-refractivity contribution in [1.29, 1.82) is 0 Å². The molecule has 3 rings (SSSR count). The summed E-state index contributed by atoms with van der Waals surface area (Å²) in [5.41, 5.74) is 3.39. The van der Waals surface area contributed by atoms with Crippen LogP contribution in [0.1, 0.15) is 31.7 Å². The third-order valence-corrected chi connectivity index (χ3v) is 4.15. The Balaban J connectivity index is 0.00000225. The summed E-state index contributed by atoms with van der Waals surface area (Å²) in [5.74, 6) is 2.55. The third-order valence-electron chi connectivity index (χ3n) is 4.15. The van der Waals surface area contributed by atoms with E-state index in [0.29, 0.717) is 5.92 Å². The van der Waals surface area contributed by atoms with Crippen molar-refractivity contribution in [2.24, 2.45) is 5.92 Å². The lowest BCUT2D eigenvalue weighted by Crippen LogP contribution is -2.03. The van der Waals surface area contributed by atoms with Crippen LogP contribution in [0.15, 0.2) is 48.5 Å². The first-order chi connectivity index (χ1) is 11.7. The molecular weight excluding hydrogens is 332 g/mol. The van der Waals surface area contributed by atoms with E-state index >= 15 is 0 Å². The Hall–Kier alpha value is -2.26. The van der Waals surface area contributed by atoms with Crippen LogP contribution in [-0.4, -0.2) is 16.7 Å². The molecule has 3 aromatic rings. The summed E-state index contributed by atoms with van der Waals surface area (Å²) in [6.45, 7) is 5.50. The van der Waals surface area contributed by atoms with Gasteiger partial charge in [0.2, 0.25) is 0 Å². The molecular formula is C21H25ClN2O. The maximum Gasteiger partial charge on any atom is 0.133 e. The molecule has 0 N–H and O–H groups in total. The second-order valence-electron chi connectivity index (χ2n) is 6.40. The van der Waals surface area contributed by atoms with Gasteiger partial charge in [-0.15, -0.1) is 12.4 Å². The summed E-state index contributed by atoms with van der Waals surface area (Å²) < 4.78 is 7.52. The molecule has 1 aromatic heterocycles. The highest BCUT2D eigenvalue weighted by Crippen LogP contribution is 2.20. The molecule has 4 heteroatoms. The Bertz CT molecular complexity index is 835. The van der Waals surface area contributed by atoms with Gasteiger partial charge in [-0.25, -0.2) is 4.98 Å². The Labute approximate surface area is 155 Å². The van der Waals surface area contributed by atoms with Gasteiger partial charge in [0.1, 0.15) is 11.6 Å². The van der Waals surface area contributed by atoms with E-state index in [-0.39, 0.29) is 12.4 Å². The third kappa shape index (κ3) is 4.64. The van der Waals surface area contributed by atoms with E-state index in [4.69, 9.17) is 9.72 Å². The molecule has 0 amide bonds. The molecule has 1 heterocycles. The number of imidazole rings is 1. The van der Waals surface area contributed by atoms with Crippen LogP contribution < -0.4 is 4.74 Å². The van der Waals surface area contributed by atoms with Gasteiger partial charge in [-0.3, -0.25) is 0 Å². The average Bonchev–Trinajstić information content (AvgIpc) is 2.96. The first kappa shape index (κ1) is 19.1. The summed E-state index contributed by atoms with van der Waals surface area (Å²) in [4.78, 5) is 4.79. The van der Waals surface area contributed by atoms with Crippen LogP contribution in [0.4, 0.5) is 0 Å². The van der Waals surface area contributed by atoms with Crippen LogP contribution in [-0.2, 0) is 6.54 Å². The highest BCUT2D eigenvalue weighted by molar-refractivity contribution is 5.85. The van der Waals surface area contributed by atoms with Crippen LogP contribution in [0.2, 0.25) is 0 Å². The fourth-order valence-electron chi connectivity index (χ4n) is 2.73. The quantitative estimate of drug-likeness (QED) is 0.567. The van der Waals surface area contributed by atoms with Gasteiger partial charge in [0.05, 0.1) is 18.1 Å². The Kier molecular flexibility index (Phi) is 6.65. The van der Waals surface area contributed by atoms with Crippen LogP contribution in [0.5, 0.6) is 5.75 Å². The van der Waals surface area contributed by atoms with Gasteiger partial charge in [-0.1, -0.05) is 44.2 Å². The number of hydrogen-bond donors (Lipinski definition) is 0. The molecule has 0 saturated carbocycles. The van der Waals surface area contributed by atoms with Crippen molar-refractivity contribution >= 4 is 35.6 Å². The number of benzene rings is 2. The minimum absolute atomic E-state index is 0. The number of aromatic nitrogens is 2. The fraction of sp³-hybridized carbons (Fsp3) is 0.286. The lowest BCUT2D eigenvalue weighted by Gasteiger charge is -2.09. The van der Waals surface area contributed by atoms with Gasteiger partial charge in [0, 0.05) is 6.54 Å². The van der Waals surface area contributed by atoms with Crippen molar-refractivity contribution < 1.29 is 4.74 Å². The smallest absolute Gasteiger partial charge is 0.133 e. The number of ether oxygens (including phenoxy) is 1. The second kappa shape index (κ2) is 8.72. The molecule has 132 valence electrons. The normalized spacial score (nSPS) is 11.2. The molecule has 0 aliphatic carbocycles. The number of nitrogens with zero attached hydrogens (tertiary/aromatic N) is 2. The molecule has 0 saturated heterocycles. The highest BCUT2D eigenvalue weighted by atomic mass is 35.5. The van der Waals surface area contributed by atoms with Crippen molar-refractivity contribution in [2.45, 2.75) is 26.8 Å². The predicted octanol–water partition coefficient (Wildman–Crippen LogP) is 5.68. The Morgan fingerprint density at radius 1 is 1.04 bits per heavy atom. The number of rotatable bonds is 6. The molecule has 0 spiro atoms. The molecule has 0 bridgehead atoms. The summed E-state index contributed by atoms with van der Waals surface area (Å²) >= 11 is 0. The van der Waals surface area contributed by atoms with Gasteiger partial charge in [-0.05, 0) is 48.2 Å². The van der Waals surface area contributed by atoms with Gasteiger partial charge in [-0.2, -0.15) is 0 Å². The maximum absolute atomic E-state index is 5.20. The van der Waals surface area contributed by atoms with Crippen molar-refractivity contribution in [3.63, 3.8) is 0 Å². The Morgan fingerprint density at radius 3 is 2.44 bits per heavy atom. The number of para-hydroxylation sites is 2. The molecule has 0 unspecified atom stereocenters. The van der Waals surface area contributed by atoms with Crippen molar-refractivity contribution in [1.82, 2.24) is 9.55 Å². The summed E-state index contributed by atoms with van der Waals surface area (Å²) in [7, 11) is 1.68. The summed E-state index contributed by atoms with van der Waals surface area (Å²) in [6.07, 6.45) is 5.35. The minimum Gasteiger partial charge on any atom is -0.497 e. The topological polar surface area (TPSA) is 27.1 Å². The molecule has 0 radical (unpaired) electrons. The van der Waals surface area contributed by atoms with E-state index in [1.807, 2.05) is 18.2 Å². The van der Waals surface area contributed by atoms with Crippen LogP contribution in [0.3, 0.4) is 0 Å². The van der Waals surface area contributed by atoms with E-state index in [1.54, 1.807) is 7.11 Å². The van der Waals surface area contributed by atoms with Crippen LogP contribution in [0, 0.1) is 5.92 Å². The minimum atomic E-state index is 0. The van der Waals surface area contributed by atoms with Crippen molar-refractivity contribution in [3.05, 3.63) is 59.9 Å². The number of hydrogen-bond acceptors (Lipinski definition) is 2.